The Labute approximate surface area is 128 Å². The standard InChI is InChI=1S/C18H28O3/c1-4-7-8-9-10-11-14-12-16(20)18(15(19)5-2)17(13-14)21-6-3/h12-13,20H,4-11H2,1-3H3. The molecule has 1 rings (SSSR count). The Bertz CT molecular complexity index is 452. The lowest BCUT2D eigenvalue weighted by molar-refractivity contribution is 0.0981. The van der Waals surface area contributed by atoms with Crippen LogP contribution in [0.1, 0.15) is 75.2 Å². The first-order valence-electron chi connectivity index (χ1n) is 8.15. The van der Waals surface area contributed by atoms with E-state index in [4.69, 9.17) is 4.74 Å². The Balaban J connectivity index is 2.80. The summed E-state index contributed by atoms with van der Waals surface area (Å²) in [5.74, 6) is 0.495. The highest BCUT2D eigenvalue weighted by molar-refractivity contribution is 6.01. The van der Waals surface area contributed by atoms with Crippen LogP contribution >= 0.6 is 0 Å². The van der Waals surface area contributed by atoms with Crippen molar-refractivity contribution in [3.63, 3.8) is 0 Å². The van der Waals surface area contributed by atoms with E-state index in [9.17, 15) is 9.90 Å². The molecule has 1 aromatic carbocycles. The molecule has 0 spiro atoms. The summed E-state index contributed by atoms with van der Waals surface area (Å²) in [4.78, 5) is 11.9. The molecule has 0 aromatic heterocycles. The average molecular weight is 292 g/mol. The highest BCUT2D eigenvalue weighted by Gasteiger charge is 2.17. The molecule has 0 saturated heterocycles. The number of hydrogen-bond donors (Lipinski definition) is 1. The predicted molar refractivity (Wildman–Crippen MR) is 86.4 cm³/mol. The lowest BCUT2D eigenvalue weighted by Crippen LogP contribution is -2.04. The first kappa shape index (κ1) is 17.5. The van der Waals surface area contributed by atoms with Crippen molar-refractivity contribution < 1.29 is 14.6 Å². The third-order valence-electron chi connectivity index (χ3n) is 3.61. The molecule has 1 N–H and O–H groups in total. The Kier molecular flexibility index (Phi) is 7.88. The molecule has 118 valence electrons. The average Bonchev–Trinajstić information content (AvgIpc) is 2.46. The molecule has 0 fully saturated rings. The normalized spacial score (nSPS) is 10.6. The van der Waals surface area contributed by atoms with Gasteiger partial charge in [0, 0.05) is 6.42 Å². The molecule has 0 aliphatic rings. The number of aryl methyl sites for hydroxylation is 1. The molecule has 1 aromatic rings. The summed E-state index contributed by atoms with van der Waals surface area (Å²) < 4.78 is 5.55. The fourth-order valence-corrected chi connectivity index (χ4v) is 2.46. The van der Waals surface area contributed by atoms with Gasteiger partial charge in [-0.1, -0.05) is 39.5 Å². The van der Waals surface area contributed by atoms with E-state index < -0.39 is 0 Å². The minimum absolute atomic E-state index is 0.0522. The summed E-state index contributed by atoms with van der Waals surface area (Å²) in [5.41, 5.74) is 1.37. The molecule has 0 aliphatic carbocycles. The molecule has 21 heavy (non-hydrogen) atoms. The molecule has 0 atom stereocenters. The molecular formula is C18H28O3. The smallest absolute Gasteiger partial charge is 0.170 e. The van der Waals surface area contributed by atoms with Gasteiger partial charge in [0.05, 0.1) is 6.61 Å². The second-order valence-corrected chi connectivity index (χ2v) is 5.36. The zero-order chi connectivity index (χ0) is 15.7. The van der Waals surface area contributed by atoms with Gasteiger partial charge in [-0.25, -0.2) is 0 Å². The summed E-state index contributed by atoms with van der Waals surface area (Å²) in [6.07, 6.45) is 7.36. The molecule has 0 saturated carbocycles. The van der Waals surface area contributed by atoms with Gasteiger partial charge in [-0.05, 0) is 37.5 Å². The number of unbranched alkanes of at least 4 members (excludes halogenated alkanes) is 4. The van der Waals surface area contributed by atoms with E-state index in [1.165, 1.54) is 25.7 Å². The van der Waals surface area contributed by atoms with Crippen LogP contribution < -0.4 is 4.74 Å². The van der Waals surface area contributed by atoms with Gasteiger partial charge in [0.15, 0.2) is 5.78 Å². The Morgan fingerprint density at radius 1 is 1.10 bits per heavy atom. The van der Waals surface area contributed by atoms with Crippen molar-refractivity contribution in [2.75, 3.05) is 6.61 Å². The Morgan fingerprint density at radius 2 is 1.81 bits per heavy atom. The maximum atomic E-state index is 11.9. The zero-order valence-electron chi connectivity index (χ0n) is 13.6. The van der Waals surface area contributed by atoms with Crippen LogP contribution in [-0.2, 0) is 6.42 Å². The van der Waals surface area contributed by atoms with Gasteiger partial charge in [0.25, 0.3) is 0 Å². The van der Waals surface area contributed by atoms with Crippen LogP contribution in [0.5, 0.6) is 11.5 Å². The Hall–Kier alpha value is -1.51. The molecule has 0 amide bonds. The number of carbonyl (C=O) groups excluding carboxylic acids is 1. The van der Waals surface area contributed by atoms with E-state index in [0.29, 0.717) is 24.3 Å². The molecular weight excluding hydrogens is 264 g/mol. The van der Waals surface area contributed by atoms with Gasteiger partial charge >= 0.3 is 0 Å². The van der Waals surface area contributed by atoms with Crippen molar-refractivity contribution in [3.05, 3.63) is 23.3 Å². The van der Waals surface area contributed by atoms with Gasteiger partial charge in [-0.3, -0.25) is 4.79 Å². The second-order valence-electron chi connectivity index (χ2n) is 5.36. The van der Waals surface area contributed by atoms with Crippen molar-refractivity contribution in [2.24, 2.45) is 0 Å². The van der Waals surface area contributed by atoms with E-state index >= 15 is 0 Å². The fourth-order valence-electron chi connectivity index (χ4n) is 2.46. The largest absolute Gasteiger partial charge is 0.507 e. The van der Waals surface area contributed by atoms with Gasteiger partial charge in [-0.2, -0.15) is 0 Å². The Morgan fingerprint density at radius 3 is 2.43 bits per heavy atom. The molecule has 0 bridgehead atoms. The number of carbonyl (C=O) groups is 1. The molecule has 0 aliphatic heterocycles. The first-order chi connectivity index (χ1) is 10.1. The monoisotopic (exact) mass is 292 g/mol. The van der Waals surface area contributed by atoms with Crippen molar-refractivity contribution in [1.29, 1.82) is 0 Å². The number of Topliss-reactive ketones (excluding diaryl/α,β-unsaturated/α-hetero) is 1. The number of aromatic hydroxyl groups is 1. The third kappa shape index (κ3) is 5.41. The first-order valence-corrected chi connectivity index (χ1v) is 8.15. The van der Waals surface area contributed by atoms with E-state index in [-0.39, 0.29) is 11.5 Å². The fraction of sp³-hybridized carbons (Fsp3) is 0.611. The number of benzene rings is 1. The van der Waals surface area contributed by atoms with Crippen LogP contribution in [0.4, 0.5) is 0 Å². The molecule has 0 radical (unpaired) electrons. The third-order valence-corrected chi connectivity index (χ3v) is 3.61. The van der Waals surface area contributed by atoms with Crippen molar-refractivity contribution in [3.8, 4) is 11.5 Å². The SMILES string of the molecule is CCCCCCCc1cc(O)c(C(=O)CC)c(OCC)c1. The van der Waals surface area contributed by atoms with E-state index in [2.05, 4.69) is 6.92 Å². The second kappa shape index (κ2) is 9.43. The number of ketones is 1. The van der Waals surface area contributed by atoms with Gasteiger partial charge in [0.2, 0.25) is 0 Å². The highest BCUT2D eigenvalue weighted by Crippen LogP contribution is 2.31. The number of phenolic OH excluding ortho intramolecular Hbond substituents is 1. The summed E-state index contributed by atoms with van der Waals surface area (Å²) in [7, 11) is 0. The quantitative estimate of drug-likeness (QED) is 0.493. The predicted octanol–water partition coefficient (Wildman–Crippen LogP) is 4.90. The van der Waals surface area contributed by atoms with Crippen LogP contribution in [0.2, 0.25) is 0 Å². The van der Waals surface area contributed by atoms with Crippen molar-refractivity contribution >= 4 is 5.78 Å². The molecule has 0 unspecified atom stereocenters. The molecule has 3 nitrogen and oxygen atoms in total. The van der Waals surface area contributed by atoms with Crippen LogP contribution in [-0.4, -0.2) is 17.5 Å². The van der Waals surface area contributed by atoms with Crippen molar-refractivity contribution in [2.45, 2.75) is 65.7 Å². The van der Waals surface area contributed by atoms with Crippen LogP contribution in [0.25, 0.3) is 0 Å². The lowest BCUT2D eigenvalue weighted by atomic mass is 10.00. The van der Waals surface area contributed by atoms with Gasteiger partial charge in [0.1, 0.15) is 17.1 Å². The topological polar surface area (TPSA) is 46.5 Å². The summed E-state index contributed by atoms with van der Waals surface area (Å²) in [6, 6.07) is 3.62. The van der Waals surface area contributed by atoms with Crippen LogP contribution in [0.3, 0.4) is 0 Å². The number of ether oxygens (including phenoxy) is 1. The zero-order valence-corrected chi connectivity index (χ0v) is 13.6. The molecule has 0 heterocycles. The van der Waals surface area contributed by atoms with Crippen molar-refractivity contribution in [1.82, 2.24) is 0 Å². The minimum atomic E-state index is -0.0783. The lowest BCUT2D eigenvalue weighted by Gasteiger charge is -2.13. The number of phenols is 1. The minimum Gasteiger partial charge on any atom is -0.507 e. The van der Waals surface area contributed by atoms with E-state index in [1.807, 2.05) is 13.0 Å². The van der Waals surface area contributed by atoms with Crippen LogP contribution in [0, 0.1) is 0 Å². The maximum Gasteiger partial charge on any atom is 0.170 e. The molecule has 3 heteroatoms. The summed E-state index contributed by atoms with van der Waals surface area (Å²) in [6.45, 7) is 6.37. The van der Waals surface area contributed by atoms with Gasteiger partial charge < -0.3 is 9.84 Å². The number of rotatable bonds is 10. The highest BCUT2D eigenvalue weighted by atomic mass is 16.5. The van der Waals surface area contributed by atoms with Gasteiger partial charge in [-0.15, -0.1) is 0 Å². The summed E-state index contributed by atoms with van der Waals surface area (Å²) >= 11 is 0. The van der Waals surface area contributed by atoms with E-state index in [0.717, 1.165) is 18.4 Å². The number of hydrogen-bond acceptors (Lipinski definition) is 3. The van der Waals surface area contributed by atoms with Crippen LogP contribution in [0.15, 0.2) is 12.1 Å². The maximum absolute atomic E-state index is 11.9. The summed E-state index contributed by atoms with van der Waals surface area (Å²) in [5, 5.41) is 10.1. The van der Waals surface area contributed by atoms with E-state index in [1.54, 1.807) is 13.0 Å².